The number of carbonyl (C=O) groups is 1. The molecule has 0 fully saturated rings. The van der Waals surface area contributed by atoms with Crippen LogP contribution in [0.2, 0.25) is 0 Å². The van der Waals surface area contributed by atoms with Crippen LogP contribution in [-0.4, -0.2) is 17.4 Å². The zero-order valence-corrected chi connectivity index (χ0v) is 12.2. The molecule has 4 nitrogen and oxygen atoms in total. The van der Waals surface area contributed by atoms with Crippen LogP contribution >= 0.6 is 11.3 Å². The Balaban J connectivity index is 1.51. The Hall–Kier alpha value is -2.40. The maximum atomic E-state index is 11.8. The Morgan fingerprint density at radius 2 is 1.81 bits per heavy atom. The molecule has 0 saturated carbocycles. The van der Waals surface area contributed by atoms with Crippen LogP contribution in [0.15, 0.2) is 54.6 Å². The highest BCUT2D eigenvalue weighted by Crippen LogP contribution is 2.21. The van der Waals surface area contributed by atoms with E-state index in [4.69, 9.17) is 0 Å². The van der Waals surface area contributed by atoms with E-state index < -0.39 is 0 Å². The second-order valence-electron chi connectivity index (χ2n) is 4.57. The van der Waals surface area contributed by atoms with E-state index in [1.165, 1.54) is 0 Å². The van der Waals surface area contributed by atoms with Crippen LogP contribution in [0.25, 0.3) is 10.2 Å². The summed E-state index contributed by atoms with van der Waals surface area (Å²) in [6.07, 6.45) is 0. The Kier molecular flexibility index (Phi) is 4.12. The molecule has 0 atom stereocenters. The van der Waals surface area contributed by atoms with Crippen LogP contribution in [0, 0.1) is 0 Å². The van der Waals surface area contributed by atoms with Gasteiger partial charge in [-0.05, 0) is 24.3 Å². The van der Waals surface area contributed by atoms with Crippen molar-refractivity contribution in [3.63, 3.8) is 0 Å². The van der Waals surface area contributed by atoms with E-state index in [0.29, 0.717) is 6.54 Å². The van der Waals surface area contributed by atoms with Crippen LogP contribution in [0.1, 0.15) is 5.01 Å². The molecule has 0 aliphatic heterocycles. The number of nitrogens with zero attached hydrogens (tertiary/aromatic N) is 1. The van der Waals surface area contributed by atoms with Gasteiger partial charge in [-0.2, -0.15) is 0 Å². The van der Waals surface area contributed by atoms with Gasteiger partial charge in [-0.25, -0.2) is 4.98 Å². The number of amides is 1. The predicted octanol–water partition coefficient (Wildman–Crippen LogP) is 3.02. The summed E-state index contributed by atoms with van der Waals surface area (Å²) in [6.45, 7) is 0.726. The summed E-state index contributed by atoms with van der Waals surface area (Å²) in [5, 5.41) is 6.88. The van der Waals surface area contributed by atoms with Gasteiger partial charge < -0.3 is 10.6 Å². The number of rotatable bonds is 5. The lowest BCUT2D eigenvalue weighted by Crippen LogP contribution is -2.29. The summed E-state index contributed by atoms with van der Waals surface area (Å²) >= 11 is 1.61. The van der Waals surface area contributed by atoms with Gasteiger partial charge in [0.15, 0.2) is 0 Å². The number of aromatic nitrogens is 1. The normalized spacial score (nSPS) is 10.5. The molecule has 21 heavy (non-hydrogen) atoms. The van der Waals surface area contributed by atoms with Crippen molar-refractivity contribution in [1.29, 1.82) is 0 Å². The zero-order chi connectivity index (χ0) is 14.5. The molecule has 0 aliphatic rings. The molecule has 0 radical (unpaired) electrons. The summed E-state index contributed by atoms with van der Waals surface area (Å²) in [7, 11) is 0. The van der Waals surface area contributed by atoms with Crippen LogP contribution in [-0.2, 0) is 11.3 Å². The molecule has 2 aromatic carbocycles. The highest BCUT2D eigenvalue weighted by atomic mass is 32.1. The summed E-state index contributed by atoms with van der Waals surface area (Å²) < 4.78 is 1.14. The van der Waals surface area contributed by atoms with Gasteiger partial charge in [0.05, 0.1) is 23.3 Å². The Morgan fingerprint density at radius 1 is 1.05 bits per heavy atom. The molecule has 3 aromatic rings. The number of anilines is 1. The van der Waals surface area contributed by atoms with E-state index in [1.807, 2.05) is 54.6 Å². The van der Waals surface area contributed by atoms with E-state index in [2.05, 4.69) is 15.6 Å². The lowest BCUT2D eigenvalue weighted by Gasteiger charge is -2.06. The Labute approximate surface area is 126 Å². The average molecular weight is 297 g/mol. The molecule has 5 heteroatoms. The average Bonchev–Trinajstić information content (AvgIpc) is 2.95. The number of hydrogen-bond donors (Lipinski definition) is 2. The van der Waals surface area contributed by atoms with Crippen LogP contribution in [0.5, 0.6) is 0 Å². The molecule has 106 valence electrons. The molecular weight excluding hydrogens is 282 g/mol. The van der Waals surface area contributed by atoms with Crippen molar-refractivity contribution in [2.24, 2.45) is 0 Å². The lowest BCUT2D eigenvalue weighted by atomic mass is 10.3. The molecular formula is C16H15N3OS. The third-order valence-electron chi connectivity index (χ3n) is 3.00. The van der Waals surface area contributed by atoms with E-state index in [0.717, 1.165) is 20.9 Å². The standard InChI is InChI=1S/C16H15N3OS/c20-15(10-17-12-6-2-1-3-7-12)18-11-16-19-13-8-4-5-9-14(13)21-16/h1-9,17H,10-11H2,(H,18,20). The molecule has 0 aliphatic carbocycles. The molecule has 0 unspecified atom stereocenters. The topological polar surface area (TPSA) is 54.0 Å². The van der Waals surface area contributed by atoms with Gasteiger partial charge in [-0.1, -0.05) is 30.3 Å². The Bertz CT molecular complexity index is 706. The predicted molar refractivity (Wildman–Crippen MR) is 86.4 cm³/mol. The summed E-state index contributed by atoms with van der Waals surface area (Å²) in [4.78, 5) is 16.3. The van der Waals surface area contributed by atoms with Crippen molar-refractivity contribution in [2.45, 2.75) is 6.54 Å². The minimum absolute atomic E-state index is 0.0434. The van der Waals surface area contributed by atoms with Crippen molar-refractivity contribution >= 4 is 33.1 Å². The first-order valence-corrected chi connectivity index (χ1v) is 7.53. The minimum atomic E-state index is -0.0434. The molecule has 3 rings (SSSR count). The van der Waals surface area contributed by atoms with Crippen LogP contribution in [0.4, 0.5) is 5.69 Å². The molecule has 0 bridgehead atoms. The number of fused-ring (bicyclic) bond motifs is 1. The molecule has 1 amide bonds. The van der Waals surface area contributed by atoms with Crippen molar-refractivity contribution in [3.05, 3.63) is 59.6 Å². The number of para-hydroxylation sites is 2. The quantitative estimate of drug-likeness (QED) is 0.761. The first-order valence-electron chi connectivity index (χ1n) is 6.71. The van der Waals surface area contributed by atoms with Gasteiger partial charge >= 0.3 is 0 Å². The molecule has 1 aromatic heterocycles. The lowest BCUT2D eigenvalue weighted by molar-refractivity contribution is -0.119. The molecule has 2 N–H and O–H groups in total. The number of thiazole rings is 1. The zero-order valence-electron chi connectivity index (χ0n) is 11.4. The van der Waals surface area contributed by atoms with Gasteiger partial charge in [0.1, 0.15) is 5.01 Å². The molecule has 0 spiro atoms. The van der Waals surface area contributed by atoms with Gasteiger partial charge in [-0.3, -0.25) is 4.79 Å². The largest absolute Gasteiger partial charge is 0.376 e. The maximum absolute atomic E-state index is 11.8. The first kappa shape index (κ1) is 13.6. The van der Waals surface area contributed by atoms with Crippen molar-refractivity contribution in [3.8, 4) is 0 Å². The Morgan fingerprint density at radius 3 is 2.62 bits per heavy atom. The molecule has 0 saturated heterocycles. The van der Waals surface area contributed by atoms with Crippen LogP contribution in [0.3, 0.4) is 0 Å². The third kappa shape index (κ3) is 3.58. The fourth-order valence-electron chi connectivity index (χ4n) is 1.97. The van der Waals surface area contributed by atoms with E-state index >= 15 is 0 Å². The van der Waals surface area contributed by atoms with E-state index in [-0.39, 0.29) is 12.5 Å². The van der Waals surface area contributed by atoms with Gasteiger partial charge in [-0.15, -0.1) is 11.3 Å². The monoisotopic (exact) mass is 297 g/mol. The summed E-state index contributed by atoms with van der Waals surface area (Å²) in [6, 6.07) is 17.6. The van der Waals surface area contributed by atoms with Crippen molar-refractivity contribution in [1.82, 2.24) is 10.3 Å². The molecule has 1 heterocycles. The fourth-order valence-corrected chi connectivity index (χ4v) is 2.88. The second-order valence-corrected chi connectivity index (χ2v) is 5.69. The SMILES string of the molecule is O=C(CNc1ccccc1)NCc1nc2ccccc2s1. The minimum Gasteiger partial charge on any atom is -0.376 e. The first-order chi connectivity index (χ1) is 10.3. The summed E-state index contributed by atoms with van der Waals surface area (Å²) in [5.41, 5.74) is 1.92. The van der Waals surface area contributed by atoms with E-state index in [1.54, 1.807) is 11.3 Å². The highest BCUT2D eigenvalue weighted by Gasteiger charge is 2.05. The van der Waals surface area contributed by atoms with Crippen molar-refractivity contribution < 1.29 is 4.79 Å². The van der Waals surface area contributed by atoms with Gasteiger partial charge in [0.2, 0.25) is 5.91 Å². The third-order valence-corrected chi connectivity index (χ3v) is 4.04. The van der Waals surface area contributed by atoms with Crippen LogP contribution < -0.4 is 10.6 Å². The maximum Gasteiger partial charge on any atom is 0.239 e. The fraction of sp³-hybridized carbons (Fsp3) is 0.125. The van der Waals surface area contributed by atoms with Crippen molar-refractivity contribution in [2.75, 3.05) is 11.9 Å². The number of carbonyl (C=O) groups excluding carboxylic acids is 1. The highest BCUT2D eigenvalue weighted by molar-refractivity contribution is 7.18. The smallest absolute Gasteiger partial charge is 0.239 e. The second kappa shape index (κ2) is 6.37. The number of benzene rings is 2. The number of hydrogen-bond acceptors (Lipinski definition) is 4. The van der Waals surface area contributed by atoms with Gasteiger partial charge in [0.25, 0.3) is 0 Å². The van der Waals surface area contributed by atoms with E-state index in [9.17, 15) is 4.79 Å². The number of nitrogens with one attached hydrogen (secondary N) is 2. The summed E-state index contributed by atoms with van der Waals surface area (Å²) in [5.74, 6) is -0.0434. The van der Waals surface area contributed by atoms with Gasteiger partial charge in [0, 0.05) is 5.69 Å².